The second-order valence-corrected chi connectivity index (χ2v) is 5.22. The zero-order valence-corrected chi connectivity index (χ0v) is 11.6. The van der Waals surface area contributed by atoms with Crippen molar-refractivity contribution in [1.29, 1.82) is 0 Å². The van der Waals surface area contributed by atoms with Gasteiger partial charge in [-0.3, -0.25) is 19.8 Å². The van der Waals surface area contributed by atoms with Crippen LogP contribution in [0, 0.1) is 10.1 Å². The van der Waals surface area contributed by atoms with Crippen LogP contribution in [0.25, 0.3) is 0 Å². The minimum atomic E-state index is -0.436. The molecule has 0 aromatic heterocycles. The van der Waals surface area contributed by atoms with Crippen molar-refractivity contribution >= 4 is 11.5 Å². The molecule has 0 amide bonds. The minimum absolute atomic E-state index is 0.0369. The molecule has 0 atom stereocenters. The molecule has 108 valence electrons. The van der Waals surface area contributed by atoms with Gasteiger partial charge >= 0.3 is 0 Å². The molecule has 0 unspecified atom stereocenters. The number of carbonyl (C=O) groups excluding carboxylic acids is 1. The van der Waals surface area contributed by atoms with Crippen LogP contribution in [0.2, 0.25) is 0 Å². The molecule has 1 heterocycles. The lowest BCUT2D eigenvalue weighted by atomic mass is 10.1. The van der Waals surface area contributed by atoms with Crippen LogP contribution in [0.5, 0.6) is 0 Å². The SMILES string of the molecule is CN1CCN(CC(=O)Cc2cccc([N+](=O)[O-])c2)CC1. The summed E-state index contributed by atoms with van der Waals surface area (Å²) in [5, 5.41) is 10.7. The van der Waals surface area contributed by atoms with Gasteiger partial charge in [-0.2, -0.15) is 0 Å². The summed E-state index contributed by atoms with van der Waals surface area (Å²) in [6.07, 6.45) is 0.258. The number of non-ortho nitro benzene ring substituents is 1. The zero-order chi connectivity index (χ0) is 14.5. The number of rotatable bonds is 5. The molecule has 1 aromatic carbocycles. The van der Waals surface area contributed by atoms with Crippen molar-refractivity contribution in [2.75, 3.05) is 39.8 Å². The summed E-state index contributed by atoms with van der Waals surface area (Å²) in [6.45, 7) is 4.18. The molecule has 1 aromatic rings. The lowest BCUT2D eigenvalue weighted by Gasteiger charge is -2.31. The summed E-state index contributed by atoms with van der Waals surface area (Å²) in [4.78, 5) is 26.7. The Morgan fingerprint density at radius 2 is 2.00 bits per heavy atom. The number of carbonyl (C=O) groups is 1. The van der Waals surface area contributed by atoms with E-state index in [9.17, 15) is 14.9 Å². The fourth-order valence-corrected chi connectivity index (χ4v) is 2.32. The number of ketones is 1. The Labute approximate surface area is 118 Å². The van der Waals surface area contributed by atoms with Gasteiger partial charge in [0.05, 0.1) is 11.5 Å². The summed E-state index contributed by atoms with van der Waals surface area (Å²) in [5.74, 6) is 0.107. The largest absolute Gasteiger partial charge is 0.304 e. The van der Waals surface area contributed by atoms with E-state index in [1.807, 2.05) is 0 Å². The van der Waals surface area contributed by atoms with Crippen LogP contribution in [-0.4, -0.2) is 60.3 Å². The summed E-state index contributed by atoms with van der Waals surface area (Å²) in [7, 11) is 2.07. The standard InChI is InChI=1S/C14H19N3O3/c1-15-5-7-16(8-6-15)11-14(18)10-12-3-2-4-13(9-12)17(19)20/h2-4,9H,5-8,10-11H2,1H3. The molecule has 6 nitrogen and oxygen atoms in total. The Morgan fingerprint density at radius 3 is 2.65 bits per heavy atom. The Bertz CT molecular complexity index is 496. The predicted octanol–water partition coefficient (Wildman–Crippen LogP) is 0.954. The van der Waals surface area contributed by atoms with Crippen molar-refractivity contribution in [2.24, 2.45) is 0 Å². The highest BCUT2D eigenvalue weighted by Crippen LogP contribution is 2.14. The van der Waals surface area contributed by atoms with E-state index >= 15 is 0 Å². The molecule has 6 heteroatoms. The zero-order valence-electron chi connectivity index (χ0n) is 11.6. The average molecular weight is 277 g/mol. The topological polar surface area (TPSA) is 66.7 Å². The van der Waals surface area contributed by atoms with Crippen molar-refractivity contribution < 1.29 is 9.72 Å². The Hall–Kier alpha value is -1.79. The van der Waals surface area contributed by atoms with E-state index in [0.717, 1.165) is 26.2 Å². The van der Waals surface area contributed by atoms with Gasteiger partial charge in [-0.05, 0) is 12.6 Å². The van der Waals surface area contributed by atoms with Crippen LogP contribution in [0.1, 0.15) is 5.56 Å². The summed E-state index contributed by atoms with van der Waals surface area (Å²) < 4.78 is 0. The maximum atomic E-state index is 12.0. The van der Waals surface area contributed by atoms with Crippen LogP contribution in [0.4, 0.5) is 5.69 Å². The molecule has 0 saturated carbocycles. The lowest BCUT2D eigenvalue weighted by Crippen LogP contribution is -2.46. The molecular weight excluding hydrogens is 258 g/mol. The maximum Gasteiger partial charge on any atom is 0.269 e. The number of nitrogens with zero attached hydrogens (tertiary/aromatic N) is 3. The number of piperazine rings is 1. The monoisotopic (exact) mass is 277 g/mol. The summed E-state index contributed by atoms with van der Waals surface area (Å²) >= 11 is 0. The molecule has 1 aliphatic rings. The van der Waals surface area contributed by atoms with E-state index in [4.69, 9.17) is 0 Å². The maximum absolute atomic E-state index is 12.0. The smallest absolute Gasteiger partial charge is 0.269 e. The lowest BCUT2D eigenvalue weighted by molar-refractivity contribution is -0.384. The highest BCUT2D eigenvalue weighted by Gasteiger charge is 2.17. The van der Waals surface area contributed by atoms with E-state index in [1.54, 1.807) is 12.1 Å². The van der Waals surface area contributed by atoms with Crippen LogP contribution in [0.3, 0.4) is 0 Å². The molecule has 0 radical (unpaired) electrons. The van der Waals surface area contributed by atoms with Gasteiger partial charge in [0, 0.05) is 44.7 Å². The molecule has 0 spiro atoms. The van der Waals surface area contributed by atoms with Gasteiger partial charge in [-0.25, -0.2) is 0 Å². The average Bonchev–Trinajstić information content (AvgIpc) is 2.41. The van der Waals surface area contributed by atoms with Gasteiger partial charge in [-0.1, -0.05) is 12.1 Å². The molecule has 20 heavy (non-hydrogen) atoms. The molecule has 1 fully saturated rings. The van der Waals surface area contributed by atoms with Crippen molar-refractivity contribution in [1.82, 2.24) is 9.80 Å². The van der Waals surface area contributed by atoms with E-state index in [0.29, 0.717) is 12.1 Å². The van der Waals surface area contributed by atoms with Gasteiger partial charge in [0.1, 0.15) is 0 Å². The van der Waals surface area contributed by atoms with Crippen molar-refractivity contribution in [3.05, 3.63) is 39.9 Å². The number of nitro benzene ring substituents is 1. The second-order valence-electron chi connectivity index (χ2n) is 5.22. The van der Waals surface area contributed by atoms with Gasteiger partial charge in [-0.15, -0.1) is 0 Å². The summed E-state index contributed by atoms with van der Waals surface area (Å²) in [6, 6.07) is 6.29. The van der Waals surface area contributed by atoms with Crippen molar-refractivity contribution in [2.45, 2.75) is 6.42 Å². The number of nitro groups is 1. The van der Waals surface area contributed by atoms with Crippen LogP contribution in [0.15, 0.2) is 24.3 Å². The highest BCUT2D eigenvalue weighted by atomic mass is 16.6. The number of hydrogen-bond acceptors (Lipinski definition) is 5. The fourth-order valence-electron chi connectivity index (χ4n) is 2.32. The molecule has 2 rings (SSSR count). The van der Waals surface area contributed by atoms with Gasteiger partial charge in [0.2, 0.25) is 0 Å². The van der Waals surface area contributed by atoms with Crippen LogP contribution in [-0.2, 0) is 11.2 Å². The fraction of sp³-hybridized carbons (Fsp3) is 0.500. The molecule has 0 N–H and O–H groups in total. The van der Waals surface area contributed by atoms with Crippen molar-refractivity contribution in [3.63, 3.8) is 0 Å². The first-order valence-electron chi connectivity index (χ1n) is 6.70. The quantitative estimate of drug-likeness (QED) is 0.592. The third-order valence-electron chi connectivity index (χ3n) is 3.52. The second kappa shape index (κ2) is 6.58. The predicted molar refractivity (Wildman–Crippen MR) is 75.7 cm³/mol. The first-order chi connectivity index (χ1) is 9.54. The third-order valence-corrected chi connectivity index (χ3v) is 3.52. The van der Waals surface area contributed by atoms with Gasteiger partial charge < -0.3 is 4.90 Å². The molecule has 0 bridgehead atoms. The number of Topliss-reactive ketones (excluding diaryl/α,β-unsaturated/α-hetero) is 1. The first kappa shape index (κ1) is 14.6. The van der Waals surface area contributed by atoms with Crippen molar-refractivity contribution in [3.8, 4) is 0 Å². The number of likely N-dealkylation sites (N-methyl/N-ethyl adjacent to an activating group) is 1. The molecule has 1 aliphatic heterocycles. The van der Waals surface area contributed by atoms with Gasteiger partial charge in [0.25, 0.3) is 5.69 Å². The first-order valence-corrected chi connectivity index (χ1v) is 6.70. The molecular formula is C14H19N3O3. The molecule has 0 aliphatic carbocycles. The third kappa shape index (κ3) is 4.11. The Kier molecular flexibility index (Phi) is 4.81. The summed E-state index contributed by atoms with van der Waals surface area (Å²) in [5.41, 5.74) is 0.744. The van der Waals surface area contributed by atoms with E-state index in [1.165, 1.54) is 12.1 Å². The number of hydrogen-bond donors (Lipinski definition) is 0. The van der Waals surface area contributed by atoms with Crippen LogP contribution < -0.4 is 0 Å². The Morgan fingerprint density at radius 1 is 1.30 bits per heavy atom. The van der Waals surface area contributed by atoms with Gasteiger partial charge in [0.15, 0.2) is 5.78 Å². The Balaban J connectivity index is 1.88. The normalized spacial score (nSPS) is 17.1. The van der Waals surface area contributed by atoms with Crippen LogP contribution >= 0.6 is 0 Å². The number of benzene rings is 1. The minimum Gasteiger partial charge on any atom is -0.304 e. The highest BCUT2D eigenvalue weighted by molar-refractivity contribution is 5.83. The van der Waals surface area contributed by atoms with E-state index in [-0.39, 0.29) is 17.9 Å². The molecule has 1 saturated heterocycles. The van der Waals surface area contributed by atoms with E-state index < -0.39 is 4.92 Å². The van der Waals surface area contributed by atoms with E-state index in [2.05, 4.69) is 16.8 Å².